The van der Waals surface area contributed by atoms with Crippen LogP contribution in [0.2, 0.25) is 0 Å². The number of halogens is 2. The van der Waals surface area contributed by atoms with E-state index in [0.717, 1.165) is 0 Å². The van der Waals surface area contributed by atoms with Gasteiger partial charge < -0.3 is 0 Å². The number of hydrogen-bond donors (Lipinski definition) is 0. The zero-order valence-corrected chi connectivity index (χ0v) is 12.3. The molecule has 3 heteroatoms. The molecule has 1 atom stereocenters. The quantitative estimate of drug-likeness (QED) is 0.617. The Hall–Kier alpha value is 0.470. The largest absolute Gasteiger partial charge is 0.143 e. The molecule has 15 heavy (non-hydrogen) atoms. The standard InChI is InChI=1S/C12H16BrClS/c1-8-9(13)7-10(15-8)11(14)12(2)5-3-4-6-12/h7,11H,3-6H2,1-2H3. The van der Waals surface area contributed by atoms with E-state index in [9.17, 15) is 0 Å². The first-order valence-corrected chi connectivity index (χ1v) is 7.47. The Morgan fingerprint density at radius 1 is 1.47 bits per heavy atom. The third-order valence-electron chi connectivity index (χ3n) is 3.48. The van der Waals surface area contributed by atoms with Gasteiger partial charge in [0.2, 0.25) is 0 Å². The number of alkyl halides is 1. The molecule has 0 N–H and O–H groups in total. The van der Waals surface area contributed by atoms with Crippen LogP contribution >= 0.6 is 38.9 Å². The molecule has 0 bridgehead atoms. The molecule has 0 saturated heterocycles. The van der Waals surface area contributed by atoms with Crippen LogP contribution in [0.5, 0.6) is 0 Å². The molecule has 1 unspecified atom stereocenters. The molecule has 84 valence electrons. The zero-order chi connectivity index (χ0) is 11.1. The summed E-state index contributed by atoms with van der Waals surface area (Å²) >= 11 is 12.0. The van der Waals surface area contributed by atoms with Gasteiger partial charge in [0.1, 0.15) is 0 Å². The van der Waals surface area contributed by atoms with Gasteiger partial charge in [-0.2, -0.15) is 0 Å². The predicted octanol–water partition coefficient (Wildman–Crippen LogP) is 5.68. The smallest absolute Gasteiger partial charge is 0.0732 e. The average Bonchev–Trinajstić information content (AvgIpc) is 2.75. The van der Waals surface area contributed by atoms with Crippen LogP contribution in [0.25, 0.3) is 0 Å². The molecule has 1 aliphatic carbocycles. The Labute approximate surface area is 109 Å². The van der Waals surface area contributed by atoms with Gasteiger partial charge in [-0.1, -0.05) is 19.8 Å². The number of rotatable bonds is 2. The fourth-order valence-electron chi connectivity index (χ4n) is 2.39. The SMILES string of the molecule is Cc1sc(C(Cl)C2(C)CCCC2)cc1Br. The molecular weight excluding hydrogens is 292 g/mol. The van der Waals surface area contributed by atoms with Crippen LogP contribution in [-0.2, 0) is 0 Å². The van der Waals surface area contributed by atoms with E-state index in [0.29, 0.717) is 5.41 Å². The summed E-state index contributed by atoms with van der Waals surface area (Å²) in [6.07, 6.45) is 5.22. The van der Waals surface area contributed by atoms with Gasteiger partial charge in [-0.15, -0.1) is 22.9 Å². The molecule has 1 aromatic heterocycles. The first kappa shape index (κ1) is 11.9. The summed E-state index contributed by atoms with van der Waals surface area (Å²) in [6, 6.07) is 2.20. The third kappa shape index (κ3) is 2.27. The van der Waals surface area contributed by atoms with E-state index < -0.39 is 0 Å². The lowest BCUT2D eigenvalue weighted by atomic mass is 9.84. The average molecular weight is 308 g/mol. The van der Waals surface area contributed by atoms with Crippen LogP contribution < -0.4 is 0 Å². The molecule has 0 aromatic carbocycles. The van der Waals surface area contributed by atoms with Gasteiger partial charge in [0.05, 0.1) is 5.38 Å². The van der Waals surface area contributed by atoms with Crippen molar-refractivity contribution >= 4 is 38.9 Å². The fourth-order valence-corrected chi connectivity index (χ4v) is 4.52. The first-order chi connectivity index (χ1) is 7.03. The first-order valence-electron chi connectivity index (χ1n) is 5.43. The predicted molar refractivity (Wildman–Crippen MR) is 71.9 cm³/mol. The second-order valence-corrected chi connectivity index (χ2v) is 7.36. The summed E-state index contributed by atoms with van der Waals surface area (Å²) in [4.78, 5) is 2.66. The van der Waals surface area contributed by atoms with E-state index in [1.54, 1.807) is 0 Å². The van der Waals surface area contributed by atoms with Gasteiger partial charge in [-0.3, -0.25) is 0 Å². The molecule has 0 aliphatic heterocycles. The maximum absolute atomic E-state index is 6.63. The van der Waals surface area contributed by atoms with Crippen molar-refractivity contribution in [2.75, 3.05) is 0 Å². The molecule has 1 saturated carbocycles. The lowest BCUT2D eigenvalue weighted by Crippen LogP contribution is -2.17. The molecule has 0 amide bonds. The van der Waals surface area contributed by atoms with E-state index in [2.05, 4.69) is 35.8 Å². The number of aryl methyl sites for hydroxylation is 1. The summed E-state index contributed by atoms with van der Waals surface area (Å²) in [5.74, 6) is 0. The van der Waals surface area contributed by atoms with Gasteiger partial charge in [-0.25, -0.2) is 0 Å². The van der Waals surface area contributed by atoms with Crippen molar-refractivity contribution in [1.29, 1.82) is 0 Å². The van der Waals surface area contributed by atoms with E-state index in [-0.39, 0.29) is 5.38 Å². The van der Waals surface area contributed by atoms with Crippen molar-refractivity contribution in [3.8, 4) is 0 Å². The fraction of sp³-hybridized carbons (Fsp3) is 0.667. The second-order valence-electron chi connectivity index (χ2n) is 4.78. The molecule has 0 nitrogen and oxygen atoms in total. The van der Waals surface area contributed by atoms with Crippen molar-refractivity contribution in [2.45, 2.75) is 44.9 Å². The maximum atomic E-state index is 6.63. The molecular formula is C12H16BrClS. The maximum Gasteiger partial charge on any atom is 0.0732 e. The number of thiophene rings is 1. The van der Waals surface area contributed by atoms with E-state index >= 15 is 0 Å². The molecule has 2 rings (SSSR count). The van der Waals surface area contributed by atoms with Gasteiger partial charge in [0.15, 0.2) is 0 Å². The van der Waals surface area contributed by atoms with Crippen molar-refractivity contribution in [3.05, 3.63) is 20.3 Å². The highest BCUT2D eigenvalue weighted by atomic mass is 79.9. The van der Waals surface area contributed by atoms with E-state index in [1.807, 2.05) is 11.3 Å². The molecule has 1 aromatic rings. The van der Waals surface area contributed by atoms with Crippen molar-refractivity contribution in [1.82, 2.24) is 0 Å². The lowest BCUT2D eigenvalue weighted by Gasteiger charge is -2.28. The van der Waals surface area contributed by atoms with Gasteiger partial charge >= 0.3 is 0 Å². The van der Waals surface area contributed by atoms with Gasteiger partial charge in [0.25, 0.3) is 0 Å². The minimum Gasteiger partial charge on any atom is -0.143 e. The second kappa shape index (κ2) is 4.38. The Balaban J connectivity index is 2.23. The van der Waals surface area contributed by atoms with Crippen molar-refractivity contribution < 1.29 is 0 Å². The lowest BCUT2D eigenvalue weighted by molar-refractivity contribution is 0.324. The van der Waals surface area contributed by atoms with E-state index in [4.69, 9.17) is 11.6 Å². The Morgan fingerprint density at radius 3 is 2.53 bits per heavy atom. The zero-order valence-electron chi connectivity index (χ0n) is 9.15. The molecule has 0 spiro atoms. The Bertz CT molecular complexity index is 333. The topological polar surface area (TPSA) is 0 Å². The van der Waals surface area contributed by atoms with Crippen LogP contribution in [0.1, 0.15) is 47.7 Å². The van der Waals surface area contributed by atoms with Crippen LogP contribution in [0.3, 0.4) is 0 Å². The van der Waals surface area contributed by atoms with Crippen LogP contribution in [0, 0.1) is 12.3 Å². The van der Waals surface area contributed by atoms with Crippen molar-refractivity contribution in [3.63, 3.8) is 0 Å². The van der Waals surface area contributed by atoms with Gasteiger partial charge in [0, 0.05) is 14.2 Å². The summed E-state index contributed by atoms with van der Waals surface area (Å²) in [5.41, 5.74) is 0.318. The van der Waals surface area contributed by atoms with Crippen molar-refractivity contribution in [2.24, 2.45) is 5.41 Å². The Kier molecular flexibility index (Phi) is 3.49. The number of hydrogen-bond acceptors (Lipinski definition) is 1. The highest BCUT2D eigenvalue weighted by Gasteiger charge is 2.37. The van der Waals surface area contributed by atoms with Crippen LogP contribution in [0.4, 0.5) is 0 Å². The molecule has 1 aliphatic rings. The molecule has 0 radical (unpaired) electrons. The van der Waals surface area contributed by atoms with E-state index in [1.165, 1.54) is 39.9 Å². The summed E-state index contributed by atoms with van der Waals surface area (Å²) in [5, 5.41) is 0.190. The summed E-state index contributed by atoms with van der Waals surface area (Å²) in [6.45, 7) is 4.47. The monoisotopic (exact) mass is 306 g/mol. The normalized spacial score (nSPS) is 21.9. The minimum absolute atomic E-state index is 0.190. The highest BCUT2D eigenvalue weighted by molar-refractivity contribution is 9.10. The minimum atomic E-state index is 0.190. The highest BCUT2D eigenvalue weighted by Crippen LogP contribution is 2.52. The van der Waals surface area contributed by atoms with Crippen LogP contribution in [-0.4, -0.2) is 0 Å². The summed E-state index contributed by atoms with van der Waals surface area (Å²) in [7, 11) is 0. The van der Waals surface area contributed by atoms with Crippen LogP contribution in [0.15, 0.2) is 10.5 Å². The summed E-state index contributed by atoms with van der Waals surface area (Å²) < 4.78 is 1.20. The third-order valence-corrected chi connectivity index (χ3v) is 6.58. The molecule has 1 heterocycles. The molecule has 1 fully saturated rings. The van der Waals surface area contributed by atoms with Gasteiger partial charge in [-0.05, 0) is 47.2 Å². The Morgan fingerprint density at radius 2 is 2.07 bits per heavy atom.